The molecule has 0 bridgehead atoms. The van der Waals surface area contributed by atoms with E-state index in [0.717, 1.165) is 36.2 Å². The predicted octanol–water partition coefficient (Wildman–Crippen LogP) is 7.95. The largest absolute Gasteiger partial charge is 0.478 e. The molecule has 1 heterocycles. The Hall–Kier alpha value is -3.88. The highest BCUT2D eigenvalue weighted by molar-refractivity contribution is 5.87. The number of rotatable bonds is 9. The zero-order chi connectivity index (χ0) is 27.3. The number of fused-ring (bicyclic) bond motifs is 1. The van der Waals surface area contributed by atoms with Gasteiger partial charge in [0, 0.05) is 22.8 Å². The lowest BCUT2D eigenvalue weighted by atomic mass is 9.98. The van der Waals surface area contributed by atoms with Crippen molar-refractivity contribution in [3.63, 3.8) is 0 Å². The Bertz CT molecular complexity index is 1440. The predicted molar refractivity (Wildman–Crippen MR) is 133 cm³/mol. The number of ether oxygens (including phenoxy) is 1. The van der Waals surface area contributed by atoms with Gasteiger partial charge in [0.1, 0.15) is 5.82 Å². The summed E-state index contributed by atoms with van der Waals surface area (Å²) in [7, 11) is 0. The van der Waals surface area contributed by atoms with Gasteiger partial charge in [-0.05, 0) is 73.4 Å². The molecule has 0 aliphatic heterocycles. The molecule has 0 atom stereocenters. The molecule has 3 nitrogen and oxygen atoms in total. The number of allylic oxidation sites excluding steroid dienone is 2. The molecule has 0 amide bonds. The number of halogens is 6. The van der Waals surface area contributed by atoms with E-state index in [1.807, 2.05) is 19.1 Å². The van der Waals surface area contributed by atoms with Crippen LogP contribution in [-0.4, -0.2) is 22.8 Å². The molecule has 4 aromatic rings. The molecule has 0 saturated heterocycles. The fraction of sp³-hybridized carbons (Fsp3) is 0.241. The maximum Gasteiger partial charge on any atom is 0.422 e. The molecule has 0 aliphatic carbocycles. The zero-order valence-electron chi connectivity index (χ0n) is 20.5. The third kappa shape index (κ3) is 6.70. The highest BCUT2D eigenvalue weighted by Crippen LogP contribution is 2.29. The van der Waals surface area contributed by atoms with E-state index < -0.39 is 36.0 Å². The van der Waals surface area contributed by atoms with Gasteiger partial charge >= 0.3 is 6.18 Å². The normalized spacial score (nSPS) is 12.0. The van der Waals surface area contributed by atoms with E-state index in [9.17, 15) is 22.0 Å². The second-order valence-electron chi connectivity index (χ2n) is 8.75. The van der Waals surface area contributed by atoms with Crippen LogP contribution in [0.15, 0.2) is 66.9 Å². The summed E-state index contributed by atoms with van der Waals surface area (Å²) >= 11 is 0. The fourth-order valence-corrected chi connectivity index (χ4v) is 4.07. The smallest absolute Gasteiger partial charge is 0.422 e. The van der Waals surface area contributed by atoms with E-state index in [4.69, 9.17) is 0 Å². The zero-order valence-corrected chi connectivity index (χ0v) is 20.5. The maximum absolute atomic E-state index is 15.3. The Labute approximate surface area is 215 Å². The molecule has 0 N–H and O–H groups in total. The fourth-order valence-electron chi connectivity index (χ4n) is 4.07. The van der Waals surface area contributed by atoms with Gasteiger partial charge in [0.05, 0.1) is 0 Å². The van der Waals surface area contributed by atoms with Crippen LogP contribution in [0.3, 0.4) is 0 Å². The first-order valence-electron chi connectivity index (χ1n) is 12.0. The van der Waals surface area contributed by atoms with Crippen LogP contribution >= 0.6 is 0 Å². The van der Waals surface area contributed by atoms with E-state index in [1.54, 1.807) is 36.5 Å². The summed E-state index contributed by atoms with van der Waals surface area (Å²) in [6.45, 7) is 0.154. The first-order chi connectivity index (χ1) is 18.1. The van der Waals surface area contributed by atoms with Crippen molar-refractivity contribution in [3.8, 4) is 17.1 Å². The van der Waals surface area contributed by atoms with Gasteiger partial charge in [-0.2, -0.15) is 13.2 Å². The molecule has 0 fully saturated rings. The summed E-state index contributed by atoms with van der Waals surface area (Å²) in [6, 6.07) is 12.2. The molecule has 0 radical (unpaired) electrons. The summed E-state index contributed by atoms with van der Waals surface area (Å²) < 4.78 is 84.7. The van der Waals surface area contributed by atoms with Gasteiger partial charge in [0.25, 0.3) is 0 Å². The van der Waals surface area contributed by atoms with Gasteiger partial charge in [-0.3, -0.25) is 0 Å². The van der Waals surface area contributed by atoms with E-state index in [1.165, 1.54) is 0 Å². The van der Waals surface area contributed by atoms with Gasteiger partial charge in [-0.25, -0.2) is 23.1 Å². The van der Waals surface area contributed by atoms with Gasteiger partial charge in [-0.1, -0.05) is 36.4 Å². The van der Waals surface area contributed by atoms with Crippen LogP contribution in [0.5, 0.6) is 5.75 Å². The minimum Gasteiger partial charge on any atom is -0.478 e. The van der Waals surface area contributed by atoms with Crippen molar-refractivity contribution in [3.05, 3.63) is 101 Å². The second kappa shape index (κ2) is 11.7. The number of hydrogen-bond donors (Lipinski definition) is 0. The average Bonchev–Trinajstić information content (AvgIpc) is 2.87. The van der Waals surface area contributed by atoms with E-state index in [-0.39, 0.29) is 18.4 Å². The minimum atomic E-state index is -4.73. The molecule has 198 valence electrons. The number of nitrogens with zero attached hydrogens (tertiary/aromatic N) is 2. The monoisotopic (exact) mass is 530 g/mol. The summed E-state index contributed by atoms with van der Waals surface area (Å²) in [5, 5.41) is 1.03. The first kappa shape index (κ1) is 27.2. The van der Waals surface area contributed by atoms with Crippen molar-refractivity contribution in [1.29, 1.82) is 0 Å². The number of hydrogen-bond acceptors (Lipinski definition) is 3. The first-order valence-corrected chi connectivity index (χ1v) is 12.0. The molecule has 3 aromatic carbocycles. The third-order valence-corrected chi connectivity index (χ3v) is 5.93. The van der Waals surface area contributed by atoms with Crippen molar-refractivity contribution < 1.29 is 31.1 Å². The SMILES string of the molecule is C/C=C/CCc1ccnc(-c2ccc3c(F)c(CCc4cc(F)c(OCC(F)(F)F)c(F)c4)ccc3c2)n1. The minimum absolute atomic E-state index is 0.0712. The van der Waals surface area contributed by atoms with Crippen molar-refractivity contribution in [1.82, 2.24) is 9.97 Å². The molecule has 0 unspecified atom stereocenters. The lowest BCUT2D eigenvalue weighted by molar-refractivity contribution is -0.154. The van der Waals surface area contributed by atoms with Crippen molar-refractivity contribution in [2.24, 2.45) is 0 Å². The molecule has 1 aromatic heterocycles. The van der Waals surface area contributed by atoms with Crippen LogP contribution < -0.4 is 4.74 Å². The summed E-state index contributed by atoms with van der Waals surface area (Å²) in [5.41, 5.74) is 2.16. The van der Waals surface area contributed by atoms with E-state index >= 15 is 4.39 Å². The quantitative estimate of drug-likeness (QED) is 0.163. The van der Waals surface area contributed by atoms with Gasteiger partial charge in [-0.15, -0.1) is 0 Å². The van der Waals surface area contributed by atoms with E-state index in [2.05, 4.69) is 20.8 Å². The second-order valence-corrected chi connectivity index (χ2v) is 8.75. The average molecular weight is 531 g/mol. The lowest BCUT2D eigenvalue weighted by Crippen LogP contribution is -2.20. The van der Waals surface area contributed by atoms with Crippen molar-refractivity contribution in [2.45, 2.75) is 38.8 Å². The number of aromatic nitrogens is 2. The topological polar surface area (TPSA) is 35.0 Å². The molecule has 38 heavy (non-hydrogen) atoms. The molecule has 0 aliphatic rings. The highest BCUT2D eigenvalue weighted by Gasteiger charge is 2.30. The van der Waals surface area contributed by atoms with Gasteiger partial charge < -0.3 is 4.74 Å². The van der Waals surface area contributed by atoms with Gasteiger partial charge in [0.2, 0.25) is 0 Å². The van der Waals surface area contributed by atoms with Crippen molar-refractivity contribution in [2.75, 3.05) is 6.61 Å². The van der Waals surface area contributed by atoms with Gasteiger partial charge in [0.15, 0.2) is 29.8 Å². The van der Waals surface area contributed by atoms with Crippen LogP contribution in [0.1, 0.15) is 30.2 Å². The molecular formula is C29H24F6N2O. The summed E-state index contributed by atoms with van der Waals surface area (Å²) in [6.07, 6.45) is 2.86. The van der Waals surface area contributed by atoms with Crippen LogP contribution in [0, 0.1) is 17.5 Å². The molecule has 9 heteroatoms. The van der Waals surface area contributed by atoms with Crippen LogP contribution in [0.2, 0.25) is 0 Å². The number of benzene rings is 3. The summed E-state index contributed by atoms with van der Waals surface area (Å²) in [5.74, 6) is -3.50. The molecule has 0 saturated carbocycles. The molecule has 0 spiro atoms. The van der Waals surface area contributed by atoms with Crippen LogP contribution in [-0.2, 0) is 19.3 Å². The Morgan fingerprint density at radius 1 is 0.895 bits per heavy atom. The lowest BCUT2D eigenvalue weighted by Gasteiger charge is -2.12. The molecule has 4 rings (SSSR count). The Morgan fingerprint density at radius 3 is 2.37 bits per heavy atom. The number of alkyl halides is 3. The number of aryl methyl sites for hydroxylation is 3. The molecular weight excluding hydrogens is 506 g/mol. The Balaban J connectivity index is 1.50. The third-order valence-electron chi connectivity index (χ3n) is 5.93. The van der Waals surface area contributed by atoms with Crippen molar-refractivity contribution >= 4 is 10.8 Å². The maximum atomic E-state index is 15.3. The van der Waals surface area contributed by atoms with Crippen LogP contribution in [0.25, 0.3) is 22.2 Å². The standard InChI is InChI=1S/C29H24F6N2O/c1-2-3-4-5-22-12-13-36-28(37-22)21-10-11-23-20(16-21)9-8-19(26(23)32)7-6-18-14-24(30)27(25(31)15-18)38-17-29(33,34)35/h2-3,8-16H,4-7,17H2,1H3/b3-2+. The van der Waals surface area contributed by atoms with E-state index in [0.29, 0.717) is 22.2 Å². The Kier molecular flexibility index (Phi) is 8.34. The summed E-state index contributed by atoms with van der Waals surface area (Å²) in [4.78, 5) is 8.95. The Morgan fingerprint density at radius 2 is 1.66 bits per heavy atom. The highest BCUT2D eigenvalue weighted by atomic mass is 19.4. The van der Waals surface area contributed by atoms with Crippen LogP contribution in [0.4, 0.5) is 26.3 Å².